The van der Waals surface area contributed by atoms with Crippen molar-refractivity contribution < 1.29 is 0 Å². The average molecular weight is 481 g/mol. The van der Waals surface area contributed by atoms with Gasteiger partial charge in [-0.05, 0) is 59.7 Å². The number of aryl methyl sites for hydroxylation is 1. The van der Waals surface area contributed by atoms with Gasteiger partial charge in [-0.3, -0.25) is 0 Å². The van der Waals surface area contributed by atoms with E-state index in [2.05, 4.69) is 66.9 Å². The summed E-state index contributed by atoms with van der Waals surface area (Å²) in [5.74, 6) is 0.636. The lowest BCUT2D eigenvalue weighted by atomic mass is 10.0. The van der Waals surface area contributed by atoms with Crippen LogP contribution in [0, 0.1) is 18.3 Å². The molecule has 0 amide bonds. The van der Waals surface area contributed by atoms with Gasteiger partial charge in [-0.2, -0.15) is 5.10 Å². The first-order valence-electron chi connectivity index (χ1n) is 10.1. The molecule has 32 heavy (non-hydrogen) atoms. The summed E-state index contributed by atoms with van der Waals surface area (Å²) in [5, 5.41) is 16.3. The van der Waals surface area contributed by atoms with Crippen molar-refractivity contribution in [2.75, 3.05) is 10.6 Å². The summed E-state index contributed by atoms with van der Waals surface area (Å²) in [5.41, 5.74) is 5.71. The molecule has 2 aromatic carbocycles. The van der Waals surface area contributed by atoms with Gasteiger partial charge in [0.25, 0.3) is 0 Å². The zero-order valence-corrected chi connectivity index (χ0v) is 20.5. The Morgan fingerprint density at radius 2 is 1.84 bits per heavy atom. The number of hydrogen-bond acceptors (Lipinski definition) is 5. The maximum atomic E-state index is 6.43. The van der Waals surface area contributed by atoms with Gasteiger partial charge in [0.15, 0.2) is 7.85 Å². The van der Waals surface area contributed by atoms with Gasteiger partial charge in [-0.1, -0.05) is 67.6 Å². The molecule has 0 saturated heterocycles. The van der Waals surface area contributed by atoms with E-state index in [0.29, 0.717) is 26.7 Å². The lowest BCUT2D eigenvalue weighted by molar-refractivity contribution is 0.585. The highest BCUT2D eigenvalue weighted by Gasteiger charge is 2.59. The molecule has 1 aromatic heterocycles. The van der Waals surface area contributed by atoms with E-state index in [9.17, 15) is 0 Å². The zero-order chi connectivity index (χ0) is 23.2. The van der Waals surface area contributed by atoms with Crippen LogP contribution in [0.15, 0.2) is 55.3 Å². The standard InChI is InChI=1S/C24H23BCl2N4S/c1-12-8-15(10-16(26)9-12)21-20(24(21,4)5)14(3)28-17-6-7-19(27)18(11-17)13(2)29-23-31-30-22(25)32-23/h6-11,20-21,28H,2-3H2,1,4-5H3,(H,29,31). The third-order valence-electron chi connectivity index (χ3n) is 5.92. The molecule has 1 saturated carbocycles. The van der Waals surface area contributed by atoms with Crippen molar-refractivity contribution >= 4 is 63.8 Å². The lowest BCUT2D eigenvalue weighted by Gasteiger charge is -2.14. The monoisotopic (exact) mass is 480 g/mol. The van der Waals surface area contributed by atoms with E-state index in [0.717, 1.165) is 27.5 Å². The van der Waals surface area contributed by atoms with E-state index in [1.54, 1.807) is 0 Å². The third kappa shape index (κ3) is 4.58. The number of rotatable bonds is 7. The van der Waals surface area contributed by atoms with Crippen molar-refractivity contribution in [1.29, 1.82) is 0 Å². The van der Waals surface area contributed by atoms with Crippen molar-refractivity contribution in [3.63, 3.8) is 0 Å². The van der Waals surface area contributed by atoms with E-state index in [1.807, 2.05) is 24.3 Å². The summed E-state index contributed by atoms with van der Waals surface area (Å²) < 4.78 is 0. The quantitative estimate of drug-likeness (QED) is 0.384. The second-order valence-corrected chi connectivity index (χ2v) is 10.6. The van der Waals surface area contributed by atoms with Crippen LogP contribution in [0.25, 0.3) is 5.70 Å². The molecular weight excluding hydrogens is 458 g/mol. The van der Waals surface area contributed by atoms with Gasteiger partial charge in [-0.15, -0.1) is 5.10 Å². The smallest absolute Gasteiger partial charge is 0.209 e. The molecule has 4 rings (SSSR count). The molecule has 4 nitrogen and oxygen atoms in total. The molecule has 1 heterocycles. The first kappa shape index (κ1) is 22.9. The fourth-order valence-corrected chi connectivity index (χ4v) is 5.50. The van der Waals surface area contributed by atoms with Gasteiger partial charge in [0.2, 0.25) is 5.13 Å². The van der Waals surface area contributed by atoms with Crippen molar-refractivity contribution in [2.45, 2.75) is 26.7 Å². The van der Waals surface area contributed by atoms with E-state index in [1.165, 1.54) is 16.9 Å². The number of allylic oxidation sites excluding steroid dienone is 1. The number of nitrogens with zero attached hydrogens (tertiary/aromatic N) is 2. The van der Waals surface area contributed by atoms with Crippen LogP contribution < -0.4 is 15.5 Å². The second kappa shape index (κ2) is 8.58. The summed E-state index contributed by atoms with van der Waals surface area (Å²) in [4.78, 5) is 0.384. The molecule has 2 radical (unpaired) electrons. The summed E-state index contributed by atoms with van der Waals surface area (Å²) in [6.07, 6.45) is 0. The molecule has 2 atom stereocenters. The largest absolute Gasteiger partial charge is 0.359 e. The molecular formula is C24H23BCl2N4S. The minimum atomic E-state index is 0.0827. The van der Waals surface area contributed by atoms with Crippen LogP contribution >= 0.6 is 34.5 Å². The molecule has 1 aliphatic carbocycles. The van der Waals surface area contributed by atoms with Crippen molar-refractivity contribution in [1.82, 2.24) is 10.2 Å². The molecule has 0 bridgehead atoms. The van der Waals surface area contributed by atoms with Crippen LogP contribution in [0.2, 0.25) is 10.0 Å². The van der Waals surface area contributed by atoms with Gasteiger partial charge >= 0.3 is 0 Å². The molecule has 8 heteroatoms. The maximum Gasteiger partial charge on any atom is 0.209 e. The van der Waals surface area contributed by atoms with Gasteiger partial charge in [-0.25, -0.2) is 0 Å². The fourth-order valence-electron chi connectivity index (χ4n) is 4.43. The summed E-state index contributed by atoms with van der Waals surface area (Å²) in [6.45, 7) is 15.0. The highest BCUT2D eigenvalue weighted by Crippen LogP contribution is 2.67. The highest BCUT2D eigenvalue weighted by molar-refractivity contribution is 7.22. The van der Waals surface area contributed by atoms with E-state index in [-0.39, 0.29) is 11.3 Å². The van der Waals surface area contributed by atoms with Crippen LogP contribution in [0.4, 0.5) is 10.8 Å². The Labute approximate surface area is 204 Å². The molecule has 2 unspecified atom stereocenters. The van der Waals surface area contributed by atoms with Crippen molar-refractivity contribution in [3.05, 3.63) is 82.0 Å². The van der Waals surface area contributed by atoms with Crippen molar-refractivity contribution in [3.8, 4) is 0 Å². The minimum absolute atomic E-state index is 0.0827. The molecule has 3 aromatic rings. The minimum Gasteiger partial charge on any atom is -0.359 e. The van der Waals surface area contributed by atoms with Crippen LogP contribution in [0.5, 0.6) is 0 Å². The second-order valence-electron chi connectivity index (χ2n) is 8.73. The zero-order valence-electron chi connectivity index (χ0n) is 18.2. The lowest BCUT2D eigenvalue weighted by Crippen LogP contribution is -2.05. The number of anilines is 2. The maximum absolute atomic E-state index is 6.43. The Balaban J connectivity index is 1.51. The summed E-state index contributed by atoms with van der Waals surface area (Å²) >= 11 is 14.0. The Morgan fingerprint density at radius 1 is 1.09 bits per heavy atom. The van der Waals surface area contributed by atoms with Crippen LogP contribution in [0.1, 0.15) is 36.5 Å². The topological polar surface area (TPSA) is 49.8 Å². The molecule has 1 fully saturated rings. The highest BCUT2D eigenvalue weighted by atomic mass is 35.5. The molecule has 2 N–H and O–H groups in total. The first-order valence-corrected chi connectivity index (χ1v) is 11.7. The Morgan fingerprint density at radius 3 is 2.50 bits per heavy atom. The van der Waals surface area contributed by atoms with Crippen molar-refractivity contribution in [2.24, 2.45) is 11.3 Å². The van der Waals surface area contributed by atoms with Gasteiger partial charge in [0, 0.05) is 33.6 Å². The summed E-state index contributed by atoms with van der Waals surface area (Å²) in [7, 11) is 5.65. The molecule has 0 spiro atoms. The predicted molar refractivity (Wildman–Crippen MR) is 138 cm³/mol. The molecule has 1 aliphatic rings. The van der Waals surface area contributed by atoms with Crippen LogP contribution in [-0.4, -0.2) is 18.0 Å². The third-order valence-corrected chi connectivity index (χ3v) is 7.14. The Bertz CT molecular complexity index is 1200. The number of aromatic nitrogens is 2. The first-order chi connectivity index (χ1) is 15.1. The van der Waals surface area contributed by atoms with Crippen LogP contribution in [-0.2, 0) is 0 Å². The van der Waals surface area contributed by atoms with Gasteiger partial charge in [0.1, 0.15) is 0 Å². The SMILES string of the molecule is [B]c1nnc(NC(=C)c2cc(NC(=C)C3C(c4cc(C)cc(Cl)c4)C3(C)C)ccc2Cl)s1. The fraction of sp³-hybridized carbons (Fsp3) is 0.250. The number of hydrogen-bond donors (Lipinski definition) is 2. The number of benzene rings is 2. The number of nitrogens with one attached hydrogen (secondary N) is 2. The average Bonchev–Trinajstić information content (AvgIpc) is 3.05. The summed E-state index contributed by atoms with van der Waals surface area (Å²) in [6, 6.07) is 12.0. The normalized spacial score (nSPS) is 18.8. The molecule has 0 aliphatic heterocycles. The van der Waals surface area contributed by atoms with E-state index >= 15 is 0 Å². The predicted octanol–water partition coefficient (Wildman–Crippen LogP) is 6.40. The van der Waals surface area contributed by atoms with Gasteiger partial charge < -0.3 is 10.6 Å². The van der Waals surface area contributed by atoms with Gasteiger partial charge in [0.05, 0.1) is 9.93 Å². The van der Waals surface area contributed by atoms with Crippen LogP contribution in [0.3, 0.4) is 0 Å². The van der Waals surface area contributed by atoms with E-state index < -0.39 is 0 Å². The number of halogens is 2. The van der Waals surface area contributed by atoms with E-state index in [4.69, 9.17) is 31.0 Å². The Kier molecular flexibility index (Phi) is 6.14. The molecule has 162 valence electrons. The Hall–Kier alpha value is -2.28.